The molecule has 1 heterocycles. The number of aromatic nitrogens is 1. The molecule has 4 rings (SSSR count). The van der Waals surface area contributed by atoms with Gasteiger partial charge in [-0.05, 0) is 55.2 Å². The Balaban J connectivity index is 1.74. The Morgan fingerprint density at radius 2 is 1.69 bits per heavy atom. The van der Waals surface area contributed by atoms with E-state index in [2.05, 4.69) is 6.58 Å². The van der Waals surface area contributed by atoms with Gasteiger partial charge in [-0.25, -0.2) is 12.4 Å². The Bertz CT molecular complexity index is 1240. The summed E-state index contributed by atoms with van der Waals surface area (Å²) < 4.78 is 28.1. The van der Waals surface area contributed by atoms with Crippen molar-refractivity contribution in [3.63, 3.8) is 0 Å². The van der Waals surface area contributed by atoms with Crippen LogP contribution in [0.4, 0.5) is 0 Å². The molecule has 0 spiro atoms. The topological polar surface area (TPSA) is 79.5 Å². The summed E-state index contributed by atoms with van der Waals surface area (Å²) in [6.07, 6.45) is 8.30. The van der Waals surface area contributed by atoms with Gasteiger partial charge in [0, 0.05) is 30.4 Å². The lowest BCUT2D eigenvalue weighted by molar-refractivity contribution is 0.118. The summed E-state index contributed by atoms with van der Waals surface area (Å²) in [4.78, 5) is 0.245. The van der Waals surface area contributed by atoms with Gasteiger partial charge in [0.25, 0.3) is 10.0 Å². The van der Waals surface area contributed by atoms with Gasteiger partial charge in [0.05, 0.1) is 10.4 Å². The number of hydrogen-bond donors (Lipinski definition) is 2. The van der Waals surface area contributed by atoms with Gasteiger partial charge in [-0.3, -0.25) is 0 Å². The van der Waals surface area contributed by atoms with Crippen molar-refractivity contribution in [1.29, 1.82) is 0 Å². The largest absolute Gasteiger partial charge is 0.396 e. The lowest BCUT2D eigenvalue weighted by Crippen LogP contribution is -2.23. The minimum Gasteiger partial charge on any atom is -0.396 e. The van der Waals surface area contributed by atoms with Crippen LogP contribution in [0.25, 0.3) is 17.0 Å². The van der Waals surface area contributed by atoms with Gasteiger partial charge in [0.2, 0.25) is 0 Å². The second-order valence-electron chi connectivity index (χ2n) is 8.57. The molecule has 5 nitrogen and oxygen atoms in total. The van der Waals surface area contributed by atoms with Crippen LogP contribution >= 0.6 is 0 Å². The number of aliphatic hydroxyl groups excluding tert-OH is 2. The minimum absolute atomic E-state index is 0.00582. The normalized spacial score (nSPS) is 23.8. The third-order valence-electron chi connectivity index (χ3n) is 6.73. The quantitative estimate of drug-likeness (QED) is 0.527. The summed E-state index contributed by atoms with van der Waals surface area (Å²) in [7, 11) is -3.74. The van der Waals surface area contributed by atoms with E-state index in [1.165, 1.54) is 3.97 Å². The summed E-state index contributed by atoms with van der Waals surface area (Å²) in [6, 6.07) is 14.3. The zero-order valence-electron chi connectivity index (χ0n) is 18.1. The van der Waals surface area contributed by atoms with Crippen molar-refractivity contribution in [2.75, 3.05) is 13.2 Å². The first-order valence-electron chi connectivity index (χ1n) is 10.9. The fraction of sp³-hybridized carbons (Fsp3) is 0.308. The number of fused-ring (bicyclic) bond motifs is 1. The molecule has 1 aliphatic rings. The monoisotopic (exact) mass is 451 g/mol. The fourth-order valence-corrected chi connectivity index (χ4v) is 6.27. The number of rotatable bonds is 7. The molecule has 4 atom stereocenters. The maximum atomic E-state index is 13.4. The summed E-state index contributed by atoms with van der Waals surface area (Å²) in [5.74, 6) is 0.158. The molecule has 1 fully saturated rings. The van der Waals surface area contributed by atoms with E-state index in [0.717, 1.165) is 22.9 Å². The molecular formula is C26H29NO4S. The van der Waals surface area contributed by atoms with Crippen LogP contribution in [0, 0.1) is 30.6 Å². The summed E-state index contributed by atoms with van der Waals surface area (Å²) >= 11 is 0. The van der Waals surface area contributed by atoms with E-state index in [0.29, 0.717) is 5.52 Å². The molecule has 0 radical (unpaired) electrons. The first-order chi connectivity index (χ1) is 15.4. The van der Waals surface area contributed by atoms with Crippen LogP contribution in [-0.4, -0.2) is 35.8 Å². The maximum Gasteiger partial charge on any atom is 0.268 e. The molecule has 3 aromatic rings. The molecule has 0 amide bonds. The predicted octanol–water partition coefficient (Wildman–Crippen LogP) is 4.24. The third kappa shape index (κ3) is 3.94. The van der Waals surface area contributed by atoms with Crippen molar-refractivity contribution in [3.05, 3.63) is 84.6 Å². The summed E-state index contributed by atoms with van der Waals surface area (Å²) in [6.45, 7) is 5.81. The molecule has 0 aliphatic heterocycles. The van der Waals surface area contributed by atoms with Crippen LogP contribution in [0.5, 0.6) is 0 Å². The molecule has 1 aliphatic carbocycles. The fourth-order valence-electron chi connectivity index (χ4n) is 4.89. The molecule has 1 aromatic heterocycles. The van der Waals surface area contributed by atoms with Gasteiger partial charge in [0.15, 0.2) is 0 Å². The number of para-hydroxylation sites is 1. The Morgan fingerprint density at radius 3 is 2.34 bits per heavy atom. The van der Waals surface area contributed by atoms with Crippen molar-refractivity contribution < 1.29 is 18.6 Å². The molecule has 0 bridgehead atoms. The molecule has 6 heteroatoms. The predicted molar refractivity (Wildman–Crippen MR) is 128 cm³/mol. The Labute approximate surface area is 189 Å². The van der Waals surface area contributed by atoms with E-state index in [1.54, 1.807) is 36.5 Å². The third-order valence-corrected chi connectivity index (χ3v) is 8.42. The zero-order valence-corrected chi connectivity index (χ0v) is 18.9. The lowest BCUT2D eigenvalue weighted by atomic mass is 9.88. The van der Waals surface area contributed by atoms with Crippen molar-refractivity contribution in [3.8, 4) is 0 Å². The standard InChI is InChI=1S/C26H29NO4S/c1-3-19-14-20(25(17-29)24(19)16-28)10-11-21-15-27(26-7-5-4-6-23(21)26)32(30,31)22-12-8-18(2)9-13-22/h3-13,15,19-20,24-25,28-29H,1,14,16-17H2,2H3/b11-10-/t19-,20+,24+,25-/m1/s1. The average Bonchev–Trinajstić information content (AvgIpc) is 3.35. The van der Waals surface area contributed by atoms with Crippen LogP contribution < -0.4 is 0 Å². The van der Waals surface area contributed by atoms with Gasteiger partial charge in [0.1, 0.15) is 0 Å². The van der Waals surface area contributed by atoms with Crippen LogP contribution in [0.2, 0.25) is 0 Å². The highest BCUT2D eigenvalue weighted by atomic mass is 32.2. The highest BCUT2D eigenvalue weighted by molar-refractivity contribution is 7.90. The van der Waals surface area contributed by atoms with Gasteiger partial charge < -0.3 is 10.2 Å². The highest BCUT2D eigenvalue weighted by Crippen LogP contribution is 2.43. The number of nitrogens with zero attached hydrogens (tertiary/aromatic N) is 1. The Morgan fingerprint density at radius 1 is 1.03 bits per heavy atom. The van der Waals surface area contributed by atoms with E-state index in [-0.39, 0.29) is 41.8 Å². The molecule has 32 heavy (non-hydrogen) atoms. The Kier molecular flexibility index (Phi) is 6.38. The summed E-state index contributed by atoms with van der Waals surface area (Å²) in [5.41, 5.74) is 2.42. The van der Waals surface area contributed by atoms with E-state index in [1.807, 2.05) is 43.4 Å². The van der Waals surface area contributed by atoms with Crippen molar-refractivity contribution in [2.45, 2.75) is 18.2 Å². The van der Waals surface area contributed by atoms with Crippen LogP contribution in [0.1, 0.15) is 17.5 Å². The van der Waals surface area contributed by atoms with Gasteiger partial charge in [-0.1, -0.05) is 54.1 Å². The molecule has 2 aromatic carbocycles. The van der Waals surface area contributed by atoms with Gasteiger partial charge in [-0.2, -0.15) is 0 Å². The molecule has 2 N–H and O–H groups in total. The average molecular weight is 452 g/mol. The van der Waals surface area contributed by atoms with E-state index in [9.17, 15) is 18.6 Å². The van der Waals surface area contributed by atoms with Crippen LogP contribution in [0.3, 0.4) is 0 Å². The number of aryl methyl sites for hydroxylation is 1. The van der Waals surface area contributed by atoms with Crippen molar-refractivity contribution in [1.82, 2.24) is 3.97 Å². The van der Waals surface area contributed by atoms with E-state index < -0.39 is 10.0 Å². The second kappa shape index (κ2) is 9.06. The SMILES string of the molecule is C=C[C@@H]1C[C@H](/C=C\c2cn(S(=O)(=O)c3ccc(C)cc3)c3ccccc23)[C@@H](CO)[C@H]1CO. The second-order valence-corrected chi connectivity index (χ2v) is 10.4. The number of allylic oxidation sites excluding steroid dienone is 2. The van der Waals surface area contributed by atoms with Gasteiger partial charge >= 0.3 is 0 Å². The van der Waals surface area contributed by atoms with Gasteiger partial charge in [-0.15, -0.1) is 6.58 Å². The summed E-state index contributed by atoms with van der Waals surface area (Å²) in [5, 5.41) is 20.5. The highest BCUT2D eigenvalue weighted by Gasteiger charge is 2.39. The van der Waals surface area contributed by atoms with Crippen molar-refractivity contribution in [2.24, 2.45) is 23.7 Å². The molecular weight excluding hydrogens is 422 g/mol. The molecule has 168 valence electrons. The van der Waals surface area contributed by atoms with E-state index in [4.69, 9.17) is 0 Å². The van der Waals surface area contributed by atoms with Crippen molar-refractivity contribution >= 4 is 27.0 Å². The lowest BCUT2D eigenvalue weighted by Gasteiger charge is -2.20. The number of hydrogen-bond acceptors (Lipinski definition) is 4. The first-order valence-corrected chi connectivity index (χ1v) is 12.3. The Hall–Kier alpha value is -2.67. The first kappa shape index (κ1) is 22.5. The molecule has 0 unspecified atom stereocenters. The van der Waals surface area contributed by atoms with Crippen LogP contribution in [0.15, 0.2) is 78.4 Å². The molecule has 1 saturated carbocycles. The minimum atomic E-state index is -3.74. The number of aliphatic hydroxyl groups is 2. The maximum absolute atomic E-state index is 13.4. The molecule has 0 saturated heterocycles. The zero-order chi connectivity index (χ0) is 22.9. The van der Waals surface area contributed by atoms with E-state index >= 15 is 0 Å². The smallest absolute Gasteiger partial charge is 0.268 e. The van der Waals surface area contributed by atoms with Crippen LogP contribution in [-0.2, 0) is 10.0 Å². The number of benzene rings is 2.